The van der Waals surface area contributed by atoms with Crippen LogP contribution in [0.5, 0.6) is 5.75 Å². The minimum Gasteiger partial charge on any atom is -0.508 e. The predicted octanol–water partition coefficient (Wildman–Crippen LogP) is 3.64. The van der Waals surface area contributed by atoms with E-state index in [1.807, 2.05) is 13.8 Å². The summed E-state index contributed by atoms with van der Waals surface area (Å²) in [4.78, 5) is 26.7. The number of likely N-dealkylation sites (N-methyl/N-ethyl adjacent to an activating group) is 1. The molecule has 0 bridgehead atoms. The van der Waals surface area contributed by atoms with Crippen LogP contribution in [-0.2, 0) is 4.79 Å². The molecule has 0 atom stereocenters. The third-order valence-corrected chi connectivity index (χ3v) is 5.07. The number of rotatable bonds is 5. The monoisotopic (exact) mass is 317 g/mol. The topological polar surface area (TPSA) is 57.6 Å². The van der Waals surface area contributed by atoms with Crippen molar-refractivity contribution in [3.8, 4) is 5.75 Å². The van der Waals surface area contributed by atoms with Crippen LogP contribution in [0.3, 0.4) is 0 Å². The van der Waals surface area contributed by atoms with Gasteiger partial charge < -0.3 is 10.0 Å². The number of carbonyl (C=O) groups is 2. The largest absolute Gasteiger partial charge is 0.508 e. The van der Waals surface area contributed by atoms with Gasteiger partial charge in [-0.2, -0.15) is 0 Å². The molecule has 0 heterocycles. The molecular weight excluding hydrogens is 290 g/mol. The van der Waals surface area contributed by atoms with E-state index in [1.165, 1.54) is 36.3 Å². The van der Waals surface area contributed by atoms with Crippen molar-refractivity contribution in [3.63, 3.8) is 0 Å². The molecule has 1 saturated carbocycles. The van der Waals surface area contributed by atoms with Crippen molar-refractivity contribution in [2.24, 2.45) is 11.3 Å². The van der Waals surface area contributed by atoms with Crippen molar-refractivity contribution in [2.45, 2.75) is 46.0 Å². The summed E-state index contributed by atoms with van der Waals surface area (Å²) in [5.41, 5.74) is -0.00556. The highest BCUT2D eigenvalue weighted by molar-refractivity contribution is 6.00. The molecule has 1 aliphatic carbocycles. The number of aromatic hydroxyl groups is 1. The number of phenolic OH excluding ortho intramolecular Hbond substituents is 1. The standard InChI is InChI=1S/C19H27NO3/c1-19(2,15-9-5-4-6-10-15)18(23)20(3)13-17(22)14-8-7-11-16(21)12-14/h7-8,11-12,15,21H,4-6,9-10,13H2,1-3H3. The van der Waals surface area contributed by atoms with Crippen LogP contribution < -0.4 is 0 Å². The summed E-state index contributed by atoms with van der Waals surface area (Å²) in [6, 6.07) is 6.26. The predicted molar refractivity (Wildman–Crippen MR) is 90.4 cm³/mol. The molecule has 4 heteroatoms. The summed E-state index contributed by atoms with van der Waals surface area (Å²) in [6.07, 6.45) is 5.81. The molecule has 0 aromatic heterocycles. The van der Waals surface area contributed by atoms with Crippen LogP contribution in [0.15, 0.2) is 24.3 Å². The van der Waals surface area contributed by atoms with Crippen molar-refractivity contribution >= 4 is 11.7 Å². The van der Waals surface area contributed by atoms with Gasteiger partial charge in [-0.3, -0.25) is 9.59 Å². The fourth-order valence-electron chi connectivity index (χ4n) is 3.55. The van der Waals surface area contributed by atoms with E-state index in [9.17, 15) is 14.7 Å². The maximum Gasteiger partial charge on any atom is 0.228 e. The fourth-order valence-corrected chi connectivity index (χ4v) is 3.55. The third kappa shape index (κ3) is 4.12. The quantitative estimate of drug-likeness (QED) is 0.844. The Labute approximate surface area is 138 Å². The van der Waals surface area contributed by atoms with Gasteiger partial charge in [-0.25, -0.2) is 0 Å². The van der Waals surface area contributed by atoms with Gasteiger partial charge in [-0.05, 0) is 30.9 Å². The molecule has 1 fully saturated rings. The number of benzene rings is 1. The van der Waals surface area contributed by atoms with Crippen LogP contribution in [-0.4, -0.2) is 35.3 Å². The molecular formula is C19H27NO3. The molecule has 1 amide bonds. The molecule has 0 radical (unpaired) electrons. The number of amides is 1. The van der Waals surface area contributed by atoms with Crippen molar-refractivity contribution < 1.29 is 14.7 Å². The first-order chi connectivity index (χ1) is 10.8. The van der Waals surface area contributed by atoms with Gasteiger partial charge in [0.2, 0.25) is 5.91 Å². The Morgan fingerprint density at radius 1 is 1.22 bits per heavy atom. The number of Topliss-reactive ketones (excluding diaryl/α,β-unsaturated/α-hetero) is 1. The molecule has 23 heavy (non-hydrogen) atoms. The number of carbonyl (C=O) groups excluding carboxylic acids is 2. The first kappa shape index (κ1) is 17.5. The van der Waals surface area contributed by atoms with Gasteiger partial charge in [0.15, 0.2) is 5.78 Å². The first-order valence-corrected chi connectivity index (χ1v) is 8.40. The minimum absolute atomic E-state index is 0.0258. The normalized spacial score (nSPS) is 16.1. The van der Waals surface area contributed by atoms with Gasteiger partial charge in [0.25, 0.3) is 0 Å². The summed E-state index contributed by atoms with van der Waals surface area (Å²) >= 11 is 0. The van der Waals surface area contributed by atoms with Crippen LogP contribution in [0, 0.1) is 11.3 Å². The molecule has 0 aliphatic heterocycles. The average Bonchev–Trinajstić information content (AvgIpc) is 2.54. The molecule has 126 valence electrons. The van der Waals surface area contributed by atoms with E-state index in [4.69, 9.17) is 0 Å². The molecule has 2 rings (SSSR count). The summed E-state index contributed by atoms with van der Waals surface area (Å²) in [5, 5.41) is 9.47. The smallest absolute Gasteiger partial charge is 0.228 e. The lowest BCUT2D eigenvalue weighted by Gasteiger charge is -2.38. The summed E-state index contributed by atoms with van der Waals surface area (Å²) in [5.74, 6) is 0.323. The zero-order valence-electron chi connectivity index (χ0n) is 14.3. The van der Waals surface area contributed by atoms with E-state index in [2.05, 4.69) is 0 Å². The van der Waals surface area contributed by atoms with Gasteiger partial charge >= 0.3 is 0 Å². The number of phenols is 1. The average molecular weight is 317 g/mol. The van der Waals surface area contributed by atoms with E-state index in [0.717, 1.165) is 12.8 Å². The summed E-state index contributed by atoms with van der Waals surface area (Å²) in [7, 11) is 1.69. The van der Waals surface area contributed by atoms with Gasteiger partial charge in [-0.1, -0.05) is 45.2 Å². The molecule has 4 nitrogen and oxygen atoms in total. The molecule has 0 saturated heterocycles. The second kappa shape index (κ2) is 7.16. The lowest BCUT2D eigenvalue weighted by molar-refractivity contribution is -0.142. The van der Waals surface area contributed by atoms with Crippen LogP contribution in [0.25, 0.3) is 0 Å². The molecule has 0 spiro atoms. The van der Waals surface area contributed by atoms with E-state index in [1.54, 1.807) is 19.2 Å². The van der Waals surface area contributed by atoms with Gasteiger partial charge in [0.05, 0.1) is 6.54 Å². The van der Waals surface area contributed by atoms with E-state index in [0.29, 0.717) is 11.5 Å². The maximum absolute atomic E-state index is 12.8. The molecule has 1 aliphatic rings. The number of hydrogen-bond donors (Lipinski definition) is 1. The highest BCUT2D eigenvalue weighted by Crippen LogP contribution is 2.39. The highest BCUT2D eigenvalue weighted by atomic mass is 16.3. The van der Waals surface area contributed by atoms with Gasteiger partial charge in [0.1, 0.15) is 5.75 Å². The second-order valence-electron chi connectivity index (χ2n) is 7.19. The molecule has 1 aromatic carbocycles. The SMILES string of the molecule is CN(CC(=O)c1cccc(O)c1)C(=O)C(C)(C)C1CCCCC1. The highest BCUT2D eigenvalue weighted by Gasteiger charge is 2.39. The van der Waals surface area contributed by atoms with Crippen molar-refractivity contribution in [2.75, 3.05) is 13.6 Å². The van der Waals surface area contributed by atoms with Gasteiger partial charge in [-0.15, -0.1) is 0 Å². The Morgan fingerprint density at radius 3 is 2.48 bits per heavy atom. The van der Waals surface area contributed by atoms with Crippen LogP contribution in [0.1, 0.15) is 56.3 Å². The third-order valence-electron chi connectivity index (χ3n) is 5.07. The zero-order valence-corrected chi connectivity index (χ0v) is 14.3. The van der Waals surface area contributed by atoms with Crippen molar-refractivity contribution in [1.82, 2.24) is 4.90 Å². The van der Waals surface area contributed by atoms with E-state index in [-0.39, 0.29) is 24.0 Å². The van der Waals surface area contributed by atoms with Crippen molar-refractivity contribution in [1.29, 1.82) is 0 Å². The Kier molecular flexibility index (Phi) is 5.45. The number of ketones is 1. The Bertz CT molecular complexity index is 574. The molecule has 1 aromatic rings. The van der Waals surface area contributed by atoms with Crippen LogP contribution in [0.4, 0.5) is 0 Å². The van der Waals surface area contributed by atoms with E-state index >= 15 is 0 Å². The maximum atomic E-state index is 12.8. The Morgan fingerprint density at radius 2 is 1.87 bits per heavy atom. The number of nitrogens with zero attached hydrogens (tertiary/aromatic N) is 1. The number of hydrogen-bond acceptors (Lipinski definition) is 3. The summed E-state index contributed by atoms with van der Waals surface area (Å²) < 4.78 is 0. The van der Waals surface area contributed by atoms with Crippen LogP contribution in [0.2, 0.25) is 0 Å². The Hall–Kier alpha value is -1.84. The Balaban J connectivity index is 2.02. The lowest BCUT2D eigenvalue weighted by atomic mass is 9.70. The first-order valence-electron chi connectivity index (χ1n) is 8.40. The van der Waals surface area contributed by atoms with Gasteiger partial charge in [0, 0.05) is 18.0 Å². The lowest BCUT2D eigenvalue weighted by Crippen LogP contribution is -2.45. The second-order valence-corrected chi connectivity index (χ2v) is 7.19. The molecule has 1 N–H and O–H groups in total. The van der Waals surface area contributed by atoms with Crippen molar-refractivity contribution in [3.05, 3.63) is 29.8 Å². The van der Waals surface area contributed by atoms with E-state index < -0.39 is 5.41 Å². The minimum atomic E-state index is -0.436. The van der Waals surface area contributed by atoms with Crippen LogP contribution >= 0.6 is 0 Å². The molecule has 0 unspecified atom stereocenters. The fraction of sp³-hybridized carbons (Fsp3) is 0.579. The summed E-state index contributed by atoms with van der Waals surface area (Å²) in [6.45, 7) is 4.04. The zero-order chi connectivity index (χ0) is 17.0.